The summed E-state index contributed by atoms with van der Waals surface area (Å²) in [5, 5.41) is 3.69. The molecule has 0 saturated carbocycles. The summed E-state index contributed by atoms with van der Waals surface area (Å²) in [5.41, 5.74) is 1.75. The lowest BCUT2D eigenvalue weighted by molar-refractivity contribution is 0.392. The second kappa shape index (κ2) is 6.76. The molecule has 1 N–H and O–H groups in total. The van der Waals surface area contributed by atoms with Gasteiger partial charge in [-0.15, -0.1) is 0 Å². The van der Waals surface area contributed by atoms with E-state index in [4.69, 9.17) is 16.1 Å². The first-order chi connectivity index (χ1) is 10.3. The Morgan fingerprint density at radius 1 is 1.36 bits per heavy atom. The van der Waals surface area contributed by atoms with Crippen molar-refractivity contribution < 1.29 is 17.3 Å². The van der Waals surface area contributed by atoms with E-state index < -0.39 is 20.7 Å². The molecule has 5 nitrogen and oxygen atoms in total. The molecule has 1 aromatic carbocycles. The molecule has 8 heteroatoms. The predicted octanol–water partition coefficient (Wildman–Crippen LogP) is 3.00. The number of nitrogens with one attached hydrogen (secondary N) is 1. The predicted molar refractivity (Wildman–Crippen MR) is 80.9 cm³/mol. The Morgan fingerprint density at radius 3 is 2.68 bits per heavy atom. The molecule has 0 saturated heterocycles. The van der Waals surface area contributed by atoms with Crippen LogP contribution in [0.25, 0.3) is 0 Å². The standard InChI is InChI=1S/C14H16ClFN2O3S/c1-9-11(10(2)21-18-9)5-4-8-17-22(19,20)14-12(15)6-3-7-13(14)16/h3,6-7,17H,4-5,8H2,1-2H3. The zero-order valence-corrected chi connectivity index (χ0v) is 13.8. The molecule has 0 radical (unpaired) electrons. The number of nitrogens with zero attached hydrogens (tertiary/aromatic N) is 1. The topological polar surface area (TPSA) is 72.2 Å². The highest BCUT2D eigenvalue weighted by Gasteiger charge is 2.22. The number of rotatable bonds is 6. The van der Waals surface area contributed by atoms with Gasteiger partial charge in [0.15, 0.2) is 0 Å². The zero-order chi connectivity index (χ0) is 16.3. The minimum Gasteiger partial charge on any atom is -0.361 e. The van der Waals surface area contributed by atoms with E-state index in [1.54, 1.807) is 6.92 Å². The summed E-state index contributed by atoms with van der Waals surface area (Å²) in [6.45, 7) is 3.80. The van der Waals surface area contributed by atoms with Crippen LogP contribution in [0.3, 0.4) is 0 Å². The van der Waals surface area contributed by atoms with Gasteiger partial charge < -0.3 is 4.52 Å². The highest BCUT2D eigenvalue weighted by atomic mass is 35.5. The largest absolute Gasteiger partial charge is 0.361 e. The van der Waals surface area contributed by atoms with Crippen LogP contribution in [0.2, 0.25) is 5.02 Å². The van der Waals surface area contributed by atoms with Gasteiger partial charge in [0, 0.05) is 12.1 Å². The number of benzene rings is 1. The van der Waals surface area contributed by atoms with Crippen molar-refractivity contribution in [1.82, 2.24) is 9.88 Å². The molecule has 1 heterocycles. The van der Waals surface area contributed by atoms with E-state index >= 15 is 0 Å². The van der Waals surface area contributed by atoms with E-state index in [-0.39, 0.29) is 11.6 Å². The SMILES string of the molecule is Cc1noc(C)c1CCCNS(=O)(=O)c1c(F)cccc1Cl. The van der Waals surface area contributed by atoms with Crippen molar-refractivity contribution in [3.05, 3.63) is 46.1 Å². The van der Waals surface area contributed by atoms with Crippen LogP contribution in [0.4, 0.5) is 4.39 Å². The fourth-order valence-corrected chi connectivity index (χ4v) is 3.82. The molecule has 0 unspecified atom stereocenters. The average Bonchev–Trinajstić information content (AvgIpc) is 2.74. The van der Waals surface area contributed by atoms with Crippen LogP contribution in [0.5, 0.6) is 0 Å². The third kappa shape index (κ3) is 3.66. The van der Waals surface area contributed by atoms with E-state index in [9.17, 15) is 12.8 Å². The normalized spacial score (nSPS) is 11.8. The summed E-state index contributed by atoms with van der Waals surface area (Å²) >= 11 is 5.77. The van der Waals surface area contributed by atoms with E-state index in [0.717, 1.165) is 23.1 Å². The summed E-state index contributed by atoms with van der Waals surface area (Å²) in [4.78, 5) is -0.519. The number of halogens is 2. The summed E-state index contributed by atoms with van der Waals surface area (Å²) < 4.78 is 45.3. The van der Waals surface area contributed by atoms with Crippen LogP contribution in [0.15, 0.2) is 27.6 Å². The first-order valence-corrected chi connectivity index (χ1v) is 8.54. The maximum absolute atomic E-state index is 13.7. The van der Waals surface area contributed by atoms with E-state index in [0.29, 0.717) is 12.8 Å². The average molecular weight is 347 g/mol. The van der Waals surface area contributed by atoms with Gasteiger partial charge in [-0.05, 0) is 38.8 Å². The molecular formula is C14H16ClFN2O3S. The smallest absolute Gasteiger partial charge is 0.244 e. The van der Waals surface area contributed by atoms with Crippen molar-refractivity contribution >= 4 is 21.6 Å². The van der Waals surface area contributed by atoms with E-state index in [2.05, 4.69) is 9.88 Å². The minimum atomic E-state index is -3.98. The van der Waals surface area contributed by atoms with Crippen LogP contribution < -0.4 is 4.72 Å². The molecule has 0 aliphatic carbocycles. The Labute approximate surface area is 133 Å². The summed E-state index contributed by atoms with van der Waals surface area (Å²) in [5.74, 6) is -0.150. The highest BCUT2D eigenvalue weighted by molar-refractivity contribution is 7.89. The molecule has 120 valence electrons. The number of hydrogen-bond acceptors (Lipinski definition) is 4. The number of aryl methyl sites for hydroxylation is 2. The van der Waals surface area contributed by atoms with Crippen LogP contribution in [-0.2, 0) is 16.4 Å². The Morgan fingerprint density at radius 2 is 2.09 bits per heavy atom. The molecule has 0 spiro atoms. The Kier molecular flexibility index (Phi) is 5.20. The maximum atomic E-state index is 13.7. The maximum Gasteiger partial charge on any atom is 0.244 e. The zero-order valence-electron chi connectivity index (χ0n) is 12.2. The molecule has 0 amide bonds. The molecule has 0 aliphatic heterocycles. The van der Waals surface area contributed by atoms with Gasteiger partial charge in [0.25, 0.3) is 0 Å². The third-order valence-electron chi connectivity index (χ3n) is 3.26. The van der Waals surface area contributed by atoms with Crippen molar-refractivity contribution in [3.63, 3.8) is 0 Å². The van der Waals surface area contributed by atoms with E-state index in [1.807, 2.05) is 6.92 Å². The van der Waals surface area contributed by atoms with Gasteiger partial charge in [-0.2, -0.15) is 0 Å². The number of hydrogen-bond donors (Lipinski definition) is 1. The summed E-state index contributed by atoms with van der Waals surface area (Å²) in [6, 6.07) is 3.75. The first-order valence-electron chi connectivity index (χ1n) is 6.68. The van der Waals surface area contributed by atoms with Gasteiger partial charge in [-0.25, -0.2) is 17.5 Å². The van der Waals surface area contributed by atoms with E-state index in [1.165, 1.54) is 12.1 Å². The lowest BCUT2D eigenvalue weighted by Crippen LogP contribution is -2.26. The third-order valence-corrected chi connectivity index (χ3v) is 5.23. The van der Waals surface area contributed by atoms with Gasteiger partial charge in [0.1, 0.15) is 16.5 Å². The van der Waals surface area contributed by atoms with Gasteiger partial charge in [0.05, 0.1) is 10.7 Å². The molecule has 1 aromatic heterocycles. The molecule has 0 fully saturated rings. The quantitative estimate of drug-likeness (QED) is 0.816. The van der Waals surface area contributed by atoms with Crippen LogP contribution in [-0.4, -0.2) is 20.1 Å². The van der Waals surface area contributed by atoms with Gasteiger partial charge in [0.2, 0.25) is 10.0 Å². The second-order valence-electron chi connectivity index (χ2n) is 4.85. The molecular weight excluding hydrogens is 331 g/mol. The fourth-order valence-electron chi connectivity index (χ4n) is 2.14. The molecule has 0 bridgehead atoms. The van der Waals surface area contributed by atoms with Gasteiger partial charge in [-0.3, -0.25) is 0 Å². The summed E-state index contributed by atoms with van der Waals surface area (Å²) in [6.07, 6.45) is 1.16. The van der Waals surface area contributed by atoms with Crippen LogP contribution in [0.1, 0.15) is 23.4 Å². The molecule has 0 aliphatic rings. The second-order valence-corrected chi connectivity index (χ2v) is 6.97. The Balaban J connectivity index is 1.99. The molecule has 0 atom stereocenters. The Bertz CT molecular complexity index is 735. The number of sulfonamides is 1. The lowest BCUT2D eigenvalue weighted by atomic mass is 10.1. The fraction of sp³-hybridized carbons (Fsp3) is 0.357. The highest BCUT2D eigenvalue weighted by Crippen LogP contribution is 2.24. The Hall–Kier alpha value is -1.44. The van der Waals surface area contributed by atoms with Crippen molar-refractivity contribution in [1.29, 1.82) is 0 Å². The van der Waals surface area contributed by atoms with Crippen LogP contribution >= 0.6 is 11.6 Å². The van der Waals surface area contributed by atoms with Crippen molar-refractivity contribution in [2.45, 2.75) is 31.6 Å². The number of aromatic nitrogens is 1. The molecule has 2 aromatic rings. The minimum absolute atomic E-state index is 0.141. The monoisotopic (exact) mass is 346 g/mol. The molecule has 2 rings (SSSR count). The summed E-state index contributed by atoms with van der Waals surface area (Å²) in [7, 11) is -3.98. The van der Waals surface area contributed by atoms with Crippen molar-refractivity contribution in [2.75, 3.05) is 6.54 Å². The van der Waals surface area contributed by atoms with Crippen molar-refractivity contribution in [2.24, 2.45) is 0 Å². The van der Waals surface area contributed by atoms with Crippen molar-refractivity contribution in [3.8, 4) is 0 Å². The van der Waals surface area contributed by atoms with Crippen LogP contribution in [0, 0.1) is 19.7 Å². The molecule has 22 heavy (non-hydrogen) atoms. The first kappa shape index (κ1) is 16.9. The lowest BCUT2D eigenvalue weighted by Gasteiger charge is -2.09. The van der Waals surface area contributed by atoms with Gasteiger partial charge in [-0.1, -0.05) is 22.8 Å². The van der Waals surface area contributed by atoms with Gasteiger partial charge >= 0.3 is 0 Å².